The molecule has 0 bridgehead atoms. The zero-order chi connectivity index (χ0) is 19.1. The van der Waals surface area contributed by atoms with Gasteiger partial charge in [0.2, 0.25) is 5.91 Å². The van der Waals surface area contributed by atoms with Crippen molar-refractivity contribution in [2.24, 2.45) is 4.99 Å². The minimum Gasteiger partial charge on any atom is -0.357 e. The molecule has 1 saturated carbocycles. The average molecular weight is 389 g/mol. The molecule has 2 aliphatic rings. The lowest BCUT2D eigenvalue weighted by atomic mass is 10.1. The van der Waals surface area contributed by atoms with Crippen molar-refractivity contribution >= 4 is 23.6 Å². The molecule has 27 heavy (non-hydrogen) atoms. The Hall–Kier alpha value is -1.69. The molecule has 2 unspecified atom stereocenters. The summed E-state index contributed by atoms with van der Waals surface area (Å²) in [6.45, 7) is 5.16. The second-order valence-electron chi connectivity index (χ2n) is 7.39. The van der Waals surface area contributed by atoms with Crippen molar-refractivity contribution in [2.75, 3.05) is 19.3 Å². The maximum atomic E-state index is 12.0. The molecule has 2 atom stereocenters. The molecule has 0 radical (unpaired) electrons. The Balaban J connectivity index is 1.64. The van der Waals surface area contributed by atoms with E-state index in [2.05, 4.69) is 42.0 Å². The molecule has 1 amide bonds. The van der Waals surface area contributed by atoms with Crippen LogP contribution in [-0.2, 0) is 17.9 Å². The highest BCUT2D eigenvalue weighted by Crippen LogP contribution is 2.28. The van der Waals surface area contributed by atoms with Crippen LogP contribution in [0.4, 0.5) is 0 Å². The van der Waals surface area contributed by atoms with Crippen LogP contribution in [0.2, 0.25) is 0 Å². The van der Waals surface area contributed by atoms with Gasteiger partial charge in [-0.15, -0.1) is 0 Å². The predicted molar refractivity (Wildman–Crippen MR) is 114 cm³/mol. The lowest BCUT2D eigenvalue weighted by molar-refractivity contribution is -0.128. The molecular formula is C21H32N4OS. The first-order valence-electron chi connectivity index (χ1n) is 10.1. The Kier molecular flexibility index (Phi) is 7.44. The molecule has 1 saturated heterocycles. The van der Waals surface area contributed by atoms with Gasteiger partial charge in [0.15, 0.2) is 5.96 Å². The molecule has 1 heterocycles. The molecule has 1 aromatic rings. The first-order valence-corrected chi connectivity index (χ1v) is 11.4. The van der Waals surface area contributed by atoms with Gasteiger partial charge < -0.3 is 15.5 Å². The molecule has 1 aromatic carbocycles. The smallest absolute Gasteiger partial charge is 0.222 e. The summed E-state index contributed by atoms with van der Waals surface area (Å²) >= 11 is 1.97. The van der Waals surface area contributed by atoms with E-state index in [-0.39, 0.29) is 5.91 Å². The summed E-state index contributed by atoms with van der Waals surface area (Å²) in [6, 6.07) is 8.87. The number of hydrogen-bond acceptors (Lipinski definition) is 3. The number of amides is 1. The number of guanidine groups is 1. The fourth-order valence-electron chi connectivity index (χ4n) is 3.91. The maximum absolute atomic E-state index is 12.0. The van der Waals surface area contributed by atoms with Gasteiger partial charge in [0.05, 0.1) is 6.54 Å². The fourth-order valence-corrected chi connectivity index (χ4v) is 4.70. The second kappa shape index (κ2) is 10.0. The molecule has 2 fully saturated rings. The van der Waals surface area contributed by atoms with Crippen LogP contribution < -0.4 is 10.6 Å². The minimum absolute atomic E-state index is 0.271. The largest absolute Gasteiger partial charge is 0.357 e. The number of thioether (sulfide) groups is 1. The SMILES string of the molecule is CCNC(=NCc1ccccc1CN1CCCC1=O)NC1CCC(SC)C1. The summed E-state index contributed by atoms with van der Waals surface area (Å²) in [5.74, 6) is 1.17. The third-order valence-electron chi connectivity index (χ3n) is 5.46. The highest BCUT2D eigenvalue weighted by atomic mass is 32.2. The fraction of sp³-hybridized carbons (Fsp3) is 0.619. The third-order valence-corrected chi connectivity index (χ3v) is 6.56. The quantitative estimate of drug-likeness (QED) is 0.557. The second-order valence-corrected chi connectivity index (χ2v) is 8.53. The van der Waals surface area contributed by atoms with E-state index in [1.807, 2.05) is 22.7 Å². The first-order chi connectivity index (χ1) is 13.2. The van der Waals surface area contributed by atoms with Crippen LogP contribution in [0.15, 0.2) is 29.3 Å². The van der Waals surface area contributed by atoms with Crippen LogP contribution in [0.25, 0.3) is 0 Å². The Labute approximate surface area is 167 Å². The van der Waals surface area contributed by atoms with E-state index in [0.29, 0.717) is 25.6 Å². The normalized spacial score (nSPS) is 23.1. The van der Waals surface area contributed by atoms with Gasteiger partial charge in [0.1, 0.15) is 0 Å². The van der Waals surface area contributed by atoms with Crippen LogP contribution >= 0.6 is 11.8 Å². The lowest BCUT2D eigenvalue weighted by Gasteiger charge is -2.19. The molecular weight excluding hydrogens is 356 g/mol. The van der Waals surface area contributed by atoms with Gasteiger partial charge in [0.25, 0.3) is 0 Å². The number of nitrogens with one attached hydrogen (secondary N) is 2. The molecule has 2 N–H and O–H groups in total. The van der Waals surface area contributed by atoms with E-state index in [1.165, 1.54) is 30.4 Å². The summed E-state index contributed by atoms with van der Waals surface area (Å²) in [5, 5.41) is 7.76. The summed E-state index contributed by atoms with van der Waals surface area (Å²) in [7, 11) is 0. The summed E-state index contributed by atoms with van der Waals surface area (Å²) in [5.41, 5.74) is 2.40. The Bertz CT molecular complexity index is 663. The number of hydrogen-bond donors (Lipinski definition) is 2. The Morgan fingerprint density at radius 1 is 1.30 bits per heavy atom. The monoisotopic (exact) mass is 388 g/mol. The average Bonchev–Trinajstić information content (AvgIpc) is 3.30. The molecule has 0 aromatic heterocycles. The Morgan fingerprint density at radius 3 is 2.78 bits per heavy atom. The van der Waals surface area contributed by atoms with Gasteiger partial charge in [0, 0.05) is 37.3 Å². The van der Waals surface area contributed by atoms with Crippen molar-refractivity contribution < 1.29 is 4.79 Å². The molecule has 0 spiro atoms. The molecule has 1 aliphatic carbocycles. The van der Waals surface area contributed by atoms with Gasteiger partial charge in [-0.2, -0.15) is 11.8 Å². The van der Waals surface area contributed by atoms with Gasteiger partial charge >= 0.3 is 0 Å². The van der Waals surface area contributed by atoms with Crippen molar-refractivity contribution in [3.05, 3.63) is 35.4 Å². The standard InChI is InChI=1S/C21H32N4OS/c1-3-22-21(24-18-10-11-19(13-18)27-2)23-14-16-7-4-5-8-17(16)15-25-12-6-9-20(25)26/h4-5,7-8,18-19H,3,6,9-15H2,1-2H3,(H2,22,23,24). The van der Waals surface area contributed by atoms with Crippen LogP contribution in [0.1, 0.15) is 50.2 Å². The molecule has 148 valence electrons. The van der Waals surface area contributed by atoms with E-state index in [4.69, 9.17) is 4.99 Å². The van der Waals surface area contributed by atoms with Crippen molar-refractivity contribution in [2.45, 2.75) is 63.4 Å². The van der Waals surface area contributed by atoms with E-state index in [0.717, 1.165) is 30.7 Å². The summed E-state index contributed by atoms with van der Waals surface area (Å²) in [6.07, 6.45) is 7.57. The highest BCUT2D eigenvalue weighted by Gasteiger charge is 2.24. The highest BCUT2D eigenvalue weighted by molar-refractivity contribution is 7.99. The van der Waals surface area contributed by atoms with E-state index in [9.17, 15) is 4.79 Å². The van der Waals surface area contributed by atoms with Crippen molar-refractivity contribution in [3.63, 3.8) is 0 Å². The number of likely N-dealkylation sites (tertiary alicyclic amines) is 1. The number of nitrogens with zero attached hydrogens (tertiary/aromatic N) is 2. The minimum atomic E-state index is 0.271. The summed E-state index contributed by atoms with van der Waals surface area (Å²) in [4.78, 5) is 18.8. The van der Waals surface area contributed by atoms with Crippen molar-refractivity contribution in [1.82, 2.24) is 15.5 Å². The van der Waals surface area contributed by atoms with E-state index >= 15 is 0 Å². The zero-order valence-electron chi connectivity index (χ0n) is 16.5. The lowest BCUT2D eigenvalue weighted by Crippen LogP contribution is -2.42. The molecule has 6 heteroatoms. The van der Waals surface area contributed by atoms with Gasteiger partial charge in [-0.1, -0.05) is 24.3 Å². The van der Waals surface area contributed by atoms with Crippen LogP contribution in [0, 0.1) is 0 Å². The van der Waals surface area contributed by atoms with Crippen molar-refractivity contribution in [1.29, 1.82) is 0 Å². The van der Waals surface area contributed by atoms with Crippen LogP contribution in [-0.4, -0.2) is 47.4 Å². The first kappa shape index (κ1) is 20.1. The van der Waals surface area contributed by atoms with Gasteiger partial charge in [-0.25, -0.2) is 4.99 Å². The number of aliphatic imine (C=N–C) groups is 1. The molecule has 5 nitrogen and oxygen atoms in total. The van der Waals surface area contributed by atoms with Gasteiger partial charge in [-0.05, 0) is 50.0 Å². The van der Waals surface area contributed by atoms with Crippen LogP contribution in [0.5, 0.6) is 0 Å². The number of benzene rings is 1. The van der Waals surface area contributed by atoms with E-state index < -0.39 is 0 Å². The van der Waals surface area contributed by atoms with E-state index in [1.54, 1.807) is 0 Å². The maximum Gasteiger partial charge on any atom is 0.222 e. The number of carbonyl (C=O) groups excluding carboxylic acids is 1. The van der Waals surface area contributed by atoms with Crippen molar-refractivity contribution in [3.8, 4) is 0 Å². The Morgan fingerprint density at radius 2 is 2.11 bits per heavy atom. The van der Waals surface area contributed by atoms with Crippen LogP contribution in [0.3, 0.4) is 0 Å². The van der Waals surface area contributed by atoms with Gasteiger partial charge in [-0.3, -0.25) is 4.79 Å². The zero-order valence-corrected chi connectivity index (χ0v) is 17.4. The number of rotatable bonds is 7. The summed E-state index contributed by atoms with van der Waals surface area (Å²) < 4.78 is 0. The predicted octanol–water partition coefficient (Wildman–Crippen LogP) is 3.15. The number of carbonyl (C=O) groups is 1. The molecule has 3 rings (SSSR count). The topological polar surface area (TPSA) is 56.7 Å². The molecule has 1 aliphatic heterocycles. The third kappa shape index (κ3) is 5.64.